The molecule has 2 amide bonds. The van der Waals surface area contributed by atoms with Crippen LogP contribution in [0.3, 0.4) is 0 Å². The summed E-state index contributed by atoms with van der Waals surface area (Å²) in [6.45, 7) is 4.43. The minimum atomic E-state index is -4.61. The fourth-order valence-electron chi connectivity index (χ4n) is 2.95. The molecule has 1 aliphatic heterocycles. The summed E-state index contributed by atoms with van der Waals surface area (Å²) in [7, 11) is 0. The Balaban J connectivity index is 1.75. The molecule has 0 bridgehead atoms. The molecule has 9 heteroatoms. The summed E-state index contributed by atoms with van der Waals surface area (Å²) in [5, 5.41) is 15.9. The second-order valence-electron chi connectivity index (χ2n) is 6.10. The molecule has 136 valence electrons. The number of nitrogens with one attached hydrogen (secondary N) is 1. The Bertz CT molecular complexity index is 547. The van der Waals surface area contributed by atoms with Gasteiger partial charge >= 0.3 is 12.2 Å². The molecular weight excluding hydrogens is 327 g/mol. The number of nitrogens with zero attached hydrogens (tertiary/aromatic N) is 2. The zero-order chi connectivity index (χ0) is 17.9. The lowest BCUT2D eigenvalue weighted by Crippen LogP contribution is -2.48. The predicted molar refractivity (Wildman–Crippen MR) is 79.4 cm³/mol. The van der Waals surface area contributed by atoms with Crippen molar-refractivity contribution in [3.8, 4) is 0 Å². The number of aliphatic hydroxyl groups excluding tert-OH is 1. The third-order valence-corrected chi connectivity index (χ3v) is 4.44. The van der Waals surface area contributed by atoms with E-state index in [-0.39, 0.29) is 32.0 Å². The van der Waals surface area contributed by atoms with Crippen LogP contribution >= 0.6 is 0 Å². The summed E-state index contributed by atoms with van der Waals surface area (Å²) < 4.78 is 42.5. The number of hydrogen-bond donors (Lipinski definition) is 2. The largest absolute Gasteiger partial charge is 0.414 e. The fraction of sp³-hybridized carbons (Fsp3) is 0.733. The molecule has 0 spiro atoms. The van der Waals surface area contributed by atoms with Gasteiger partial charge in [-0.2, -0.15) is 13.2 Å². The standard InChI is InChI=1S/C15H22F3N3O3/c1-9-12(10(2)24-20-9)3-6-19-14(23)21-7-4-11(5-8-21)13(22)15(16,17)18/h11,13,22H,3-8H2,1-2H3,(H,19,23). The number of halogens is 3. The van der Waals surface area contributed by atoms with Crippen molar-refractivity contribution >= 4 is 6.03 Å². The summed E-state index contributed by atoms with van der Waals surface area (Å²) in [5.74, 6) is -0.139. The molecule has 0 aromatic carbocycles. The molecule has 2 N–H and O–H groups in total. The lowest BCUT2D eigenvalue weighted by Gasteiger charge is -2.34. The predicted octanol–water partition coefficient (Wildman–Crippen LogP) is 2.18. The molecule has 1 aliphatic rings. The van der Waals surface area contributed by atoms with Gasteiger partial charge in [-0.25, -0.2) is 4.79 Å². The smallest absolute Gasteiger partial charge is 0.383 e. The van der Waals surface area contributed by atoms with Crippen molar-refractivity contribution in [3.05, 3.63) is 17.0 Å². The molecule has 2 heterocycles. The number of amides is 2. The van der Waals surface area contributed by atoms with Crippen molar-refractivity contribution in [2.45, 2.75) is 45.4 Å². The van der Waals surface area contributed by atoms with Crippen molar-refractivity contribution < 1.29 is 27.6 Å². The Hall–Kier alpha value is -1.77. The molecule has 1 atom stereocenters. The van der Waals surface area contributed by atoms with Crippen LogP contribution in [-0.4, -0.2) is 53.1 Å². The highest BCUT2D eigenvalue weighted by Gasteiger charge is 2.44. The molecule has 24 heavy (non-hydrogen) atoms. The molecule has 1 saturated heterocycles. The first-order valence-electron chi connectivity index (χ1n) is 7.89. The van der Waals surface area contributed by atoms with E-state index in [1.165, 1.54) is 4.90 Å². The van der Waals surface area contributed by atoms with Crippen LogP contribution in [0.4, 0.5) is 18.0 Å². The van der Waals surface area contributed by atoms with Gasteiger partial charge in [0.1, 0.15) is 5.76 Å². The van der Waals surface area contributed by atoms with E-state index in [4.69, 9.17) is 4.52 Å². The van der Waals surface area contributed by atoms with Crippen LogP contribution in [0.25, 0.3) is 0 Å². The van der Waals surface area contributed by atoms with E-state index in [9.17, 15) is 23.1 Å². The SMILES string of the molecule is Cc1noc(C)c1CCNC(=O)N1CCC(C(O)C(F)(F)F)CC1. The summed E-state index contributed by atoms with van der Waals surface area (Å²) in [6.07, 6.45) is -6.07. The molecule has 0 radical (unpaired) electrons. The summed E-state index contributed by atoms with van der Waals surface area (Å²) >= 11 is 0. The Morgan fingerprint density at radius 1 is 1.42 bits per heavy atom. The Labute approximate surface area is 138 Å². The highest BCUT2D eigenvalue weighted by molar-refractivity contribution is 5.74. The van der Waals surface area contributed by atoms with Crippen LogP contribution in [0.5, 0.6) is 0 Å². The molecule has 1 aromatic rings. The van der Waals surface area contributed by atoms with E-state index in [0.29, 0.717) is 18.7 Å². The first-order chi connectivity index (χ1) is 11.2. The number of hydrogen-bond acceptors (Lipinski definition) is 4. The quantitative estimate of drug-likeness (QED) is 0.873. The van der Waals surface area contributed by atoms with Gasteiger partial charge in [-0.3, -0.25) is 0 Å². The Morgan fingerprint density at radius 3 is 2.54 bits per heavy atom. The van der Waals surface area contributed by atoms with Gasteiger partial charge in [0.2, 0.25) is 0 Å². The minimum absolute atomic E-state index is 0.137. The second kappa shape index (κ2) is 7.42. The van der Waals surface area contributed by atoms with E-state index in [0.717, 1.165) is 11.3 Å². The minimum Gasteiger partial charge on any atom is -0.383 e. The first kappa shape index (κ1) is 18.6. The number of aryl methyl sites for hydroxylation is 2. The number of likely N-dealkylation sites (tertiary alicyclic amines) is 1. The number of urea groups is 1. The summed E-state index contributed by atoms with van der Waals surface area (Å²) in [4.78, 5) is 13.5. The normalized spacial score (nSPS) is 17.8. The van der Waals surface area contributed by atoms with E-state index in [1.807, 2.05) is 6.92 Å². The monoisotopic (exact) mass is 349 g/mol. The molecule has 1 aromatic heterocycles. The average molecular weight is 349 g/mol. The van der Waals surface area contributed by atoms with Gasteiger partial charge in [0.15, 0.2) is 6.10 Å². The maximum absolute atomic E-state index is 12.5. The summed E-state index contributed by atoms with van der Waals surface area (Å²) in [5.41, 5.74) is 1.73. The second-order valence-corrected chi connectivity index (χ2v) is 6.10. The zero-order valence-corrected chi connectivity index (χ0v) is 13.7. The number of carbonyl (C=O) groups is 1. The van der Waals surface area contributed by atoms with Gasteiger partial charge < -0.3 is 19.8 Å². The maximum Gasteiger partial charge on any atom is 0.414 e. The average Bonchev–Trinajstić information content (AvgIpc) is 2.85. The number of carbonyl (C=O) groups excluding carboxylic acids is 1. The van der Waals surface area contributed by atoms with Crippen LogP contribution in [-0.2, 0) is 6.42 Å². The van der Waals surface area contributed by atoms with Gasteiger partial charge in [0.25, 0.3) is 0 Å². The third-order valence-electron chi connectivity index (χ3n) is 4.44. The molecule has 0 aliphatic carbocycles. The first-order valence-corrected chi connectivity index (χ1v) is 7.89. The van der Waals surface area contributed by atoms with E-state index < -0.39 is 18.2 Å². The number of aliphatic hydroxyl groups is 1. The Kier molecular flexibility index (Phi) is 5.74. The van der Waals surface area contributed by atoms with Crippen molar-refractivity contribution in [1.29, 1.82) is 0 Å². The van der Waals surface area contributed by atoms with Gasteiger partial charge in [-0.15, -0.1) is 0 Å². The van der Waals surface area contributed by atoms with E-state index >= 15 is 0 Å². The molecule has 6 nitrogen and oxygen atoms in total. The van der Waals surface area contributed by atoms with Crippen LogP contribution in [0.1, 0.15) is 29.9 Å². The molecule has 1 fully saturated rings. The van der Waals surface area contributed by atoms with Gasteiger partial charge in [-0.05, 0) is 39.0 Å². The van der Waals surface area contributed by atoms with E-state index in [2.05, 4.69) is 10.5 Å². The van der Waals surface area contributed by atoms with Crippen molar-refractivity contribution in [3.63, 3.8) is 0 Å². The Morgan fingerprint density at radius 2 is 2.04 bits per heavy atom. The molecule has 2 rings (SSSR count). The number of aromatic nitrogens is 1. The molecule has 0 saturated carbocycles. The lowest BCUT2D eigenvalue weighted by molar-refractivity contribution is -0.222. The fourth-order valence-corrected chi connectivity index (χ4v) is 2.95. The van der Waals surface area contributed by atoms with E-state index in [1.54, 1.807) is 6.92 Å². The molecule has 1 unspecified atom stereocenters. The van der Waals surface area contributed by atoms with Gasteiger partial charge in [0, 0.05) is 25.2 Å². The topological polar surface area (TPSA) is 78.6 Å². The van der Waals surface area contributed by atoms with Crippen LogP contribution in [0, 0.1) is 19.8 Å². The highest BCUT2D eigenvalue weighted by atomic mass is 19.4. The van der Waals surface area contributed by atoms with Crippen LogP contribution < -0.4 is 5.32 Å². The van der Waals surface area contributed by atoms with Crippen LogP contribution in [0.15, 0.2) is 4.52 Å². The third kappa shape index (κ3) is 4.40. The molecular formula is C15H22F3N3O3. The number of rotatable bonds is 4. The number of alkyl halides is 3. The van der Waals surface area contributed by atoms with Crippen LogP contribution in [0.2, 0.25) is 0 Å². The highest BCUT2D eigenvalue weighted by Crippen LogP contribution is 2.31. The van der Waals surface area contributed by atoms with Crippen molar-refractivity contribution in [2.24, 2.45) is 5.92 Å². The van der Waals surface area contributed by atoms with Gasteiger partial charge in [-0.1, -0.05) is 5.16 Å². The van der Waals surface area contributed by atoms with Crippen molar-refractivity contribution in [2.75, 3.05) is 19.6 Å². The van der Waals surface area contributed by atoms with Crippen molar-refractivity contribution in [1.82, 2.24) is 15.4 Å². The lowest BCUT2D eigenvalue weighted by atomic mass is 9.91. The summed E-state index contributed by atoms with van der Waals surface area (Å²) in [6, 6.07) is -0.304. The zero-order valence-electron chi connectivity index (χ0n) is 13.7. The maximum atomic E-state index is 12.5. The van der Waals surface area contributed by atoms with Gasteiger partial charge in [0.05, 0.1) is 5.69 Å². The number of piperidine rings is 1.